The van der Waals surface area contributed by atoms with E-state index in [2.05, 4.69) is 4.99 Å². The van der Waals surface area contributed by atoms with Crippen molar-refractivity contribution in [2.24, 2.45) is 4.99 Å². The molecule has 0 spiro atoms. The second-order valence-corrected chi connectivity index (χ2v) is 2.49. The zero-order valence-corrected chi connectivity index (χ0v) is 6.15. The Morgan fingerprint density at radius 3 is 2.92 bits per heavy atom. The molecule has 12 heavy (non-hydrogen) atoms. The minimum atomic E-state index is -0.326. The van der Waals surface area contributed by atoms with Crippen molar-refractivity contribution in [2.45, 2.75) is 0 Å². The summed E-state index contributed by atoms with van der Waals surface area (Å²) in [6.45, 7) is 0. The summed E-state index contributed by atoms with van der Waals surface area (Å²) in [6.07, 6.45) is 2.15. The summed E-state index contributed by atoms with van der Waals surface area (Å²) in [5.41, 5.74) is 1.56. The number of hydrogen-bond acceptors (Lipinski definition) is 2. The van der Waals surface area contributed by atoms with Crippen molar-refractivity contribution in [3.63, 3.8) is 0 Å². The van der Waals surface area contributed by atoms with Crippen molar-refractivity contribution >= 4 is 18.4 Å². The van der Waals surface area contributed by atoms with Gasteiger partial charge < -0.3 is 0 Å². The Kier molecular flexibility index (Phi) is 1.37. The predicted octanol–water partition coefficient (Wildman–Crippen LogP) is 1.07. The van der Waals surface area contributed by atoms with Crippen LogP contribution < -0.4 is 0 Å². The van der Waals surface area contributed by atoms with Gasteiger partial charge in [0, 0.05) is 17.3 Å². The Hall–Kier alpha value is -1.77. The fourth-order valence-electron chi connectivity index (χ4n) is 1.23. The summed E-state index contributed by atoms with van der Waals surface area (Å²) < 4.78 is 0. The summed E-state index contributed by atoms with van der Waals surface area (Å²) in [6, 6.07) is 5.10. The van der Waals surface area contributed by atoms with E-state index in [1.165, 1.54) is 6.21 Å². The normalized spacial score (nSPS) is 13.2. The maximum absolute atomic E-state index is 11.1. The molecule has 0 aromatic heterocycles. The van der Waals surface area contributed by atoms with Crippen LogP contribution in [0.15, 0.2) is 23.2 Å². The van der Waals surface area contributed by atoms with Crippen molar-refractivity contribution in [1.82, 2.24) is 0 Å². The van der Waals surface area contributed by atoms with Gasteiger partial charge in [0.05, 0.1) is 5.56 Å². The van der Waals surface area contributed by atoms with Crippen LogP contribution in [0.4, 0.5) is 0 Å². The van der Waals surface area contributed by atoms with E-state index in [9.17, 15) is 9.59 Å². The molecule has 58 valence electrons. The number of carbonyl (C=O) groups is 2. The van der Waals surface area contributed by atoms with Crippen molar-refractivity contribution < 1.29 is 9.59 Å². The molecule has 0 aliphatic carbocycles. The molecular formula is C9H5NO2. The van der Waals surface area contributed by atoms with E-state index in [1.54, 1.807) is 18.2 Å². The molecule has 0 N–H and O–H groups in total. The first kappa shape index (κ1) is 6.91. The number of benzene rings is 1. The Balaban J connectivity index is 2.73. The molecule has 0 atom stereocenters. The highest BCUT2D eigenvalue weighted by Crippen LogP contribution is 2.17. The molecule has 0 unspecified atom stereocenters. The average molecular weight is 159 g/mol. The number of rotatable bonds is 1. The molecule has 1 amide bonds. The molecule has 1 aromatic carbocycles. The van der Waals surface area contributed by atoms with Gasteiger partial charge in [0.15, 0.2) is 6.29 Å². The molecule has 2 rings (SSSR count). The lowest BCUT2D eigenvalue weighted by Crippen LogP contribution is -1.97. The van der Waals surface area contributed by atoms with Gasteiger partial charge >= 0.3 is 0 Å². The van der Waals surface area contributed by atoms with Crippen molar-refractivity contribution in [3.05, 3.63) is 34.9 Å². The molecule has 1 aliphatic heterocycles. The Morgan fingerprint density at radius 2 is 2.17 bits per heavy atom. The highest BCUT2D eigenvalue weighted by atomic mass is 16.1. The Morgan fingerprint density at radius 1 is 1.33 bits per heavy atom. The van der Waals surface area contributed by atoms with Crippen LogP contribution in [0, 0.1) is 0 Å². The largest absolute Gasteiger partial charge is 0.298 e. The zero-order valence-electron chi connectivity index (χ0n) is 6.15. The minimum Gasteiger partial charge on any atom is -0.298 e. The van der Waals surface area contributed by atoms with Gasteiger partial charge in [-0.25, -0.2) is 4.99 Å². The summed E-state index contributed by atoms with van der Waals surface area (Å²) in [5, 5.41) is 0. The molecule has 1 heterocycles. The minimum absolute atomic E-state index is 0.326. The third-order valence-corrected chi connectivity index (χ3v) is 1.79. The van der Waals surface area contributed by atoms with E-state index in [-0.39, 0.29) is 5.91 Å². The number of fused-ring (bicyclic) bond motifs is 1. The van der Waals surface area contributed by atoms with Gasteiger partial charge in [-0.15, -0.1) is 0 Å². The second kappa shape index (κ2) is 2.37. The molecule has 3 heteroatoms. The third kappa shape index (κ3) is 0.797. The fraction of sp³-hybridized carbons (Fsp3) is 0. The zero-order chi connectivity index (χ0) is 8.55. The maximum Gasteiger partial charge on any atom is 0.278 e. The predicted molar refractivity (Wildman–Crippen MR) is 43.8 cm³/mol. The van der Waals surface area contributed by atoms with Crippen LogP contribution in [0.25, 0.3) is 0 Å². The van der Waals surface area contributed by atoms with Crippen LogP contribution in [0.5, 0.6) is 0 Å². The van der Waals surface area contributed by atoms with Crippen molar-refractivity contribution in [1.29, 1.82) is 0 Å². The van der Waals surface area contributed by atoms with Crippen molar-refractivity contribution in [2.75, 3.05) is 0 Å². The molecule has 0 saturated carbocycles. The fourth-order valence-corrected chi connectivity index (χ4v) is 1.23. The quantitative estimate of drug-likeness (QED) is 0.575. The first-order valence-electron chi connectivity index (χ1n) is 3.49. The van der Waals surface area contributed by atoms with Gasteiger partial charge in [-0.2, -0.15) is 0 Å². The number of aliphatic imine (C=N–C) groups is 1. The molecule has 1 aliphatic rings. The highest BCUT2D eigenvalue weighted by molar-refractivity contribution is 6.16. The topological polar surface area (TPSA) is 46.5 Å². The van der Waals surface area contributed by atoms with E-state index in [1.807, 2.05) is 0 Å². The van der Waals surface area contributed by atoms with Gasteiger partial charge in [0.2, 0.25) is 0 Å². The monoisotopic (exact) mass is 159 g/mol. The summed E-state index contributed by atoms with van der Waals surface area (Å²) in [4.78, 5) is 25.2. The number of nitrogens with zero attached hydrogens (tertiary/aromatic N) is 1. The van der Waals surface area contributed by atoms with E-state index >= 15 is 0 Å². The molecule has 0 saturated heterocycles. The van der Waals surface area contributed by atoms with Crippen LogP contribution in [0.1, 0.15) is 26.3 Å². The molecular weight excluding hydrogens is 154 g/mol. The SMILES string of the molecule is O=Cc1cccc2c1C(=O)N=C2. The van der Waals surface area contributed by atoms with Crippen LogP contribution >= 0.6 is 0 Å². The average Bonchev–Trinajstić information content (AvgIpc) is 2.48. The van der Waals surface area contributed by atoms with Gasteiger partial charge in [0.1, 0.15) is 0 Å². The lowest BCUT2D eigenvalue weighted by molar-refractivity contribution is 0.0999. The number of carbonyl (C=O) groups excluding carboxylic acids is 2. The first-order valence-corrected chi connectivity index (χ1v) is 3.49. The van der Waals surface area contributed by atoms with Crippen LogP contribution in [0.2, 0.25) is 0 Å². The van der Waals surface area contributed by atoms with Gasteiger partial charge in [-0.1, -0.05) is 18.2 Å². The first-order chi connectivity index (χ1) is 5.83. The van der Waals surface area contributed by atoms with E-state index in [4.69, 9.17) is 0 Å². The number of hydrogen-bond donors (Lipinski definition) is 0. The maximum atomic E-state index is 11.1. The van der Waals surface area contributed by atoms with Gasteiger partial charge in [-0.05, 0) is 0 Å². The van der Waals surface area contributed by atoms with E-state index in [0.717, 1.165) is 5.56 Å². The van der Waals surface area contributed by atoms with Gasteiger partial charge in [-0.3, -0.25) is 9.59 Å². The molecule has 1 aromatic rings. The summed E-state index contributed by atoms with van der Waals surface area (Å²) in [7, 11) is 0. The Bertz CT molecular complexity index is 394. The molecule has 3 nitrogen and oxygen atoms in total. The second-order valence-electron chi connectivity index (χ2n) is 2.49. The molecule has 0 bridgehead atoms. The smallest absolute Gasteiger partial charge is 0.278 e. The standard InChI is InChI=1S/C9H5NO2/c11-5-7-3-1-2-6-4-10-9(12)8(6)7/h1-5H. The van der Waals surface area contributed by atoms with E-state index < -0.39 is 0 Å². The highest BCUT2D eigenvalue weighted by Gasteiger charge is 2.18. The van der Waals surface area contributed by atoms with Gasteiger partial charge in [0.25, 0.3) is 5.91 Å². The number of aldehydes is 1. The molecule has 0 radical (unpaired) electrons. The molecule has 0 fully saturated rings. The summed E-state index contributed by atoms with van der Waals surface area (Å²) >= 11 is 0. The summed E-state index contributed by atoms with van der Waals surface area (Å²) in [5.74, 6) is -0.326. The lowest BCUT2D eigenvalue weighted by atomic mass is 10.0. The van der Waals surface area contributed by atoms with Crippen LogP contribution in [0.3, 0.4) is 0 Å². The van der Waals surface area contributed by atoms with Crippen LogP contribution in [-0.2, 0) is 0 Å². The third-order valence-electron chi connectivity index (χ3n) is 1.79. The number of amides is 1. The Labute approximate surface area is 68.7 Å². The lowest BCUT2D eigenvalue weighted by Gasteiger charge is -1.96. The van der Waals surface area contributed by atoms with Crippen molar-refractivity contribution in [3.8, 4) is 0 Å². The van der Waals surface area contributed by atoms with E-state index in [0.29, 0.717) is 17.4 Å². The van der Waals surface area contributed by atoms with Crippen LogP contribution in [-0.4, -0.2) is 18.4 Å².